The summed E-state index contributed by atoms with van der Waals surface area (Å²) in [4.78, 5) is 0. The fourth-order valence-corrected chi connectivity index (χ4v) is 1.44. The molecule has 0 aliphatic carbocycles. The zero-order chi connectivity index (χ0) is 11.4. The smallest absolute Gasteiger partial charge is 0.119 e. The lowest BCUT2D eigenvalue weighted by atomic mass is 9.97. The van der Waals surface area contributed by atoms with Crippen molar-refractivity contribution in [2.75, 3.05) is 0 Å². The Hall–Kier alpha value is -1.41. The summed E-state index contributed by atoms with van der Waals surface area (Å²) in [5, 5.41) is 0.733. The fraction of sp³-hybridized carbons (Fsp3) is 0.0769. The number of benzene rings is 2. The van der Waals surface area contributed by atoms with E-state index < -0.39 is 0 Å². The third-order valence-electron chi connectivity index (χ3n) is 2.20. The highest BCUT2D eigenvalue weighted by molar-refractivity contribution is 6.32. The lowest BCUT2D eigenvalue weighted by molar-refractivity contribution is 0.306. The van der Waals surface area contributed by atoms with Gasteiger partial charge >= 0.3 is 0 Å². The summed E-state index contributed by atoms with van der Waals surface area (Å²) in [6.07, 6.45) is 0. The molecule has 2 rings (SSSR count). The second-order valence-electron chi connectivity index (χ2n) is 3.48. The zero-order valence-corrected chi connectivity index (χ0v) is 9.45. The lowest BCUT2D eigenvalue weighted by Crippen LogP contribution is -2.01. The topological polar surface area (TPSA) is 9.23 Å². The first-order valence-electron chi connectivity index (χ1n) is 4.97. The van der Waals surface area contributed by atoms with E-state index in [4.69, 9.17) is 24.2 Å². The Morgan fingerprint density at radius 3 is 2.19 bits per heavy atom. The minimum atomic E-state index is 0.529. The molecule has 0 amide bonds. The molecule has 0 bridgehead atoms. The summed E-state index contributed by atoms with van der Waals surface area (Å²) in [5.41, 5.74) is 1.82. The first-order chi connectivity index (χ1) is 7.74. The molecular weight excluding hydrogens is 218 g/mol. The van der Waals surface area contributed by atoms with Crippen LogP contribution in [0, 0.1) is 0 Å². The van der Waals surface area contributed by atoms with Gasteiger partial charge in [0.25, 0.3) is 0 Å². The second-order valence-corrected chi connectivity index (χ2v) is 3.92. The molecule has 0 aromatic heterocycles. The Morgan fingerprint density at radius 1 is 0.938 bits per heavy atom. The molecule has 2 radical (unpaired) electrons. The molecular formula is C13H10BClO. The molecule has 0 fully saturated rings. The fourth-order valence-electron chi connectivity index (χ4n) is 1.31. The minimum Gasteiger partial charge on any atom is -0.489 e. The molecule has 0 saturated heterocycles. The summed E-state index contributed by atoms with van der Waals surface area (Å²) in [7, 11) is 5.58. The maximum atomic E-state index is 5.79. The van der Waals surface area contributed by atoms with Crippen LogP contribution < -0.4 is 10.2 Å². The Morgan fingerprint density at radius 2 is 1.56 bits per heavy atom. The zero-order valence-electron chi connectivity index (χ0n) is 8.69. The van der Waals surface area contributed by atoms with Crippen LogP contribution in [-0.4, -0.2) is 7.85 Å². The van der Waals surface area contributed by atoms with Gasteiger partial charge in [0.15, 0.2) is 0 Å². The molecule has 78 valence electrons. The van der Waals surface area contributed by atoms with Crippen molar-refractivity contribution < 1.29 is 4.74 Å². The van der Waals surface area contributed by atoms with Crippen molar-refractivity contribution >= 4 is 24.9 Å². The van der Waals surface area contributed by atoms with Gasteiger partial charge in [-0.25, -0.2) is 0 Å². The van der Waals surface area contributed by atoms with E-state index in [1.807, 2.05) is 48.5 Å². The predicted molar refractivity (Wildman–Crippen MR) is 67.6 cm³/mol. The number of hydrogen-bond acceptors (Lipinski definition) is 1. The molecule has 2 aromatic rings. The molecule has 0 aliphatic rings. The van der Waals surface area contributed by atoms with Gasteiger partial charge in [-0.15, -0.1) is 0 Å². The van der Waals surface area contributed by atoms with Crippen molar-refractivity contribution in [2.24, 2.45) is 0 Å². The van der Waals surface area contributed by atoms with Crippen LogP contribution in [0.5, 0.6) is 5.75 Å². The molecule has 0 aliphatic heterocycles. The van der Waals surface area contributed by atoms with Crippen LogP contribution in [0.3, 0.4) is 0 Å². The van der Waals surface area contributed by atoms with E-state index >= 15 is 0 Å². The van der Waals surface area contributed by atoms with Crippen molar-refractivity contribution in [3.63, 3.8) is 0 Å². The van der Waals surface area contributed by atoms with Crippen LogP contribution in [0.1, 0.15) is 5.56 Å². The van der Waals surface area contributed by atoms with Gasteiger partial charge in [0.05, 0.1) is 0 Å². The maximum Gasteiger partial charge on any atom is 0.119 e. The summed E-state index contributed by atoms with van der Waals surface area (Å²) in [5.74, 6) is 0.809. The summed E-state index contributed by atoms with van der Waals surface area (Å²) >= 11 is 5.79. The molecule has 0 atom stereocenters. The lowest BCUT2D eigenvalue weighted by Gasteiger charge is -2.06. The van der Waals surface area contributed by atoms with Gasteiger partial charge in [-0.05, 0) is 29.8 Å². The first kappa shape index (κ1) is 11.1. The van der Waals surface area contributed by atoms with Crippen LogP contribution in [0.25, 0.3) is 0 Å². The predicted octanol–water partition coefficient (Wildman–Crippen LogP) is 2.71. The van der Waals surface area contributed by atoms with Gasteiger partial charge in [-0.3, -0.25) is 0 Å². The maximum absolute atomic E-state index is 5.79. The van der Waals surface area contributed by atoms with Crippen molar-refractivity contribution in [2.45, 2.75) is 6.61 Å². The molecule has 2 aromatic carbocycles. The van der Waals surface area contributed by atoms with Crippen molar-refractivity contribution in [1.29, 1.82) is 0 Å². The molecule has 0 unspecified atom stereocenters. The monoisotopic (exact) mass is 228 g/mol. The minimum absolute atomic E-state index is 0.529. The van der Waals surface area contributed by atoms with E-state index in [1.165, 1.54) is 0 Å². The molecule has 0 heterocycles. The Labute approximate surface area is 101 Å². The number of halogens is 1. The van der Waals surface area contributed by atoms with Gasteiger partial charge < -0.3 is 4.74 Å². The normalized spacial score (nSPS) is 10.1. The summed E-state index contributed by atoms with van der Waals surface area (Å²) in [6.45, 7) is 0.529. The first-order valence-corrected chi connectivity index (χ1v) is 5.34. The van der Waals surface area contributed by atoms with E-state index in [2.05, 4.69) is 0 Å². The van der Waals surface area contributed by atoms with E-state index in [1.54, 1.807) is 0 Å². The SMILES string of the molecule is [B]c1ccc(OCc2ccc(Cl)cc2)cc1. The Bertz CT molecular complexity index is 405. The molecule has 16 heavy (non-hydrogen) atoms. The standard InChI is InChI=1S/C13H10BClO/c14-11-3-7-13(8-4-11)16-9-10-1-5-12(15)6-2-10/h1-8H,9H2. The van der Waals surface area contributed by atoms with Crippen LogP contribution in [0.4, 0.5) is 0 Å². The third kappa shape index (κ3) is 3.04. The molecule has 0 saturated carbocycles. The average Bonchev–Trinajstić information content (AvgIpc) is 2.30. The number of hydrogen-bond donors (Lipinski definition) is 0. The van der Waals surface area contributed by atoms with Gasteiger partial charge in [-0.2, -0.15) is 0 Å². The van der Waals surface area contributed by atoms with Crippen LogP contribution >= 0.6 is 11.6 Å². The quantitative estimate of drug-likeness (QED) is 0.734. The van der Waals surface area contributed by atoms with Crippen molar-refractivity contribution in [1.82, 2.24) is 0 Å². The third-order valence-corrected chi connectivity index (χ3v) is 2.45. The van der Waals surface area contributed by atoms with Gasteiger partial charge in [0.1, 0.15) is 20.2 Å². The highest BCUT2D eigenvalue weighted by Crippen LogP contribution is 2.13. The Kier molecular flexibility index (Phi) is 3.52. The molecule has 1 nitrogen and oxygen atoms in total. The van der Waals surface area contributed by atoms with Gasteiger partial charge in [0, 0.05) is 5.02 Å². The summed E-state index contributed by atoms with van der Waals surface area (Å²) < 4.78 is 5.59. The summed E-state index contributed by atoms with van der Waals surface area (Å²) in [6, 6.07) is 14.9. The van der Waals surface area contributed by atoms with Gasteiger partial charge in [0.2, 0.25) is 0 Å². The van der Waals surface area contributed by atoms with Crippen LogP contribution in [0.15, 0.2) is 48.5 Å². The molecule has 0 N–H and O–H groups in total. The molecule has 0 spiro atoms. The molecule has 3 heteroatoms. The van der Waals surface area contributed by atoms with Crippen LogP contribution in [0.2, 0.25) is 5.02 Å². The van der Waals surface area contributed by atoms with Crippen molar-refractivity contribution in [3.8, 4) is 5.75 Å². The van der Waals surface area contributed by atoms with Crippen molar-refractivity contribution in [3.05, 3.63) is 59.1 Å². The van der Waals surface area contributed by atoms with E-state index in [9.17, 15) is 0 Å². The number of rotatable bonds is 3. The number of ether oxygens (including phenoxy) is 1. The second kappa shape index (κ2) is 5.08. The van der Waals surface area contributed by atoms with Gasteiger partial charge in [-0.1, -0.05) is 41.3 Å². The van der Waals surface area contributed by atoms with E-state index in [0.717, 1.165) is 21.8 Å². The van der Waals surface area contributed by atoms with E-state index in [0.29, 0.717) is 6.61 Å². The largest absolute Gasteiger partial charge is 0.489 e. The van der Waals surface area contributed by atoms with Crippen LogP contribution in [-0.2, 0) is 6.61 Å². The average molecular weight is 228 g/mol. The highest BCUT2D eigenvalue weighted by Gasteiger charge is 1.95. The van der Waals surface area contributed by atoms with E-state index in [-0.39, 0.29) is 0 Å². The highest BCUT2D eigenvalue weighted by atomic mass is 35.5. The Balaban J connectivity index is 1.97.